The molecule has 0 aliphatic heterocycles. The Hall–Kier alpha value is -2.42. The number of hydrogen-bond donors (Lipinski definition) is 4. The van der Waals surface area contributed by atoms with E-state index >= 15 is 0 Å². The van der Waals surface area contributed by atoms with E-state index in [4.69, 9.17) is 10.6 Å². The normalized spacial score (nSPS) is 37.9. The van der Waals surface area contributed by atoms with Crippen LogP contribution in [0.4, 0.5) is 0 Å². The number of nitrogens with zero attached hydrogens (tertiary/aromatic N) is 1. The zero-order valence-electron chi connectivity index (χ0n) is 20.8. The predicted octanol–water partition coefficient (Wildman–Crippen LogP) is 2.52. The zero-order valence-corrected chi connectivity index (χ0v) is 20.8. The van der Waals surface area contributed by atoms with Gasteiger partial charge in [-0.25, -0.2) is 4.79 Å². The summed E-state index contributed by atoms with van der Waals surface area (Å²) in [7, 11) is 0. The molecule has 4 aliphatic carbocycles. The van der Waals surface area contributed by atoms with Gasteiger partial charge in [0.1, 0.15) is 6.04 Å². The van der Waals surface area contributed by atoms with Gasteiger partial charge in [-0.15, -0.1) is 0 Å². The Morgan fingerprint density at radius 1 is 1.17 bits per heavy atom. The van der Waals surface area contributed by atoms with Gasteiger partial charge in [0, 0.05) is 6.42 Å². The molecule has 5 N–H and O–H groups in total. The molecule has 0 unspecified atom stereocenters. The first kappa shape index (κ1) is 25.7. The summed E-state index contributed by atoms with van der Waals surface area (Å²) >= 11 is 0. The largest absolute Gasteiger partial charge is 0.480 e. The minimum absolute atomic E-state index is 0.0727. The predicted molar refractivity (Wildman–Crippen MR) is 129 cm³/mol. The van der Waals surface area contributed by atoms with Crippen molar-refractivity contribution in [2.24, 2.45) is 39.5 Å². The third kappa shape index (κ3) is 4.97. The number of amides is 2. The Kier molecular flexibility index (Phi) is 7.27. The average molecular weight is 490 g/mol. The lowest BCUT2D eigenvalue weighted by atomic mass is 9.47. The molecule has 0 bridgehead atoms. The summed E-state index contributed by atoms with van der Waals surface area (Å²) in [5, 5.41) is 26.4. The molecule has 0 aromatic heterocycles. The number of nitrogens with two attached hydrogens (primary N) is 1. The monoisotopic (exact) mass is 489 g/mol. The Morgan fingerprint density at radius 2 is 1.94 bits per heavy atom. The highest BCUT2D eigenvalue weighted by Gasteiger charge is 2.58. The standard InChI is InChI=1S/C26H39N3O6/c1-25-11-9-16(29-35-14-23(32)28-20(24(33)34)6-8-22(27)31)13-15(25)3-4-17-18-5-7-21(30)26(18,2)12-10-19(17)25/h13,17-21,30H,3-12,14H2,1-2H3,(H2,27,31)(H,28,32)(H,33,34)/b29-16-/t17-,18+,19-,20+,21+,25+,26+/m1/s1. The molecular weight excluding hydrogens is 450 g/mol. The number of primary amides is 1. The summed E-state index contributed by atoms with van der Waals surface area (Å²) in [6, 6.07) is -1.20. The minimum atomic E-state index is -1.23. The van der Waals surface area contributed by atoms with Gasteiger partial charge in [-0.1, -0.05) is 24.6 Å². The lowest BCUT2D eigenvalue weighted by molar-refractivity contribution is -0.142. The second-order valence-electron chi connectivity index (χ2n) is 11.5. The number of rotatable bonds is 8. The molecule has 9 heteroatoms. The number of nitrogens with one attached hydrogen (secondary N) is 1. The third-order valence-electron chi connectivity index (χ3n) is 9.62. The first-order valence-electron chi connectivity index (χ1n) is 12.9. The Labute approximate surface area is 206 Å². The first-order chi connectivity index (χ1) is 16.5. The van der Waals surface area contributed by atoms with E-state index in [9.17, 15) is 24.6 Å². The maximum Gasteiger partial charge on any atom is 0.326 e. The third-order valence-corrected chi connectivity index (χ3v) is 9.62. The van der Waals surface area contributed by atoms with Crippen molar-refractivity contribution in [3.05, 3.63) is 11.6 Å². The molecule has 4 aliphatic rings. The number of carbonyl (C=O) groups is 3. The van der Waals surface area contributed by atoms with Crippen LogP contribution in [0.3, 0.4) is 0 Å². The fraction of sp³-hybridized carbons (Fsp3) is 0.769. The summed E-state index contributed by atoms with van der Waals surface area (Å²) in [6.07, 6.45) is 10.1. The Morgan fingerprint density at radius 3 is 2.66 bits per heavy atom. The maximum absolute atomic E-state index is 12.1. The first-order valence-corrected chi connectivity index (χ1v) is 12.9. The van der Waals surface area contributed by atoms with Crippen molar-refractivity contribution in [1.29, 1.82) is 0 Å². The van der Waals surface area contributed by atoms with Crippen LogP contribution in [0, 0.1) is 28.6 Å². The molecule has 0 heterocycles. The summed E-state index contributed by atoms with van der Waals surface area (Å²) in [5.74, 6) is -0.542. The molecule has 0 aromatic carbocycles. The molecule has 3 fully saturated rings. The number of oxime groups is 1. The number of aliphatic carboxylic acids is 1. The van der Waals surface area contributed by atoms with Crippen LogP contribution in [0.15, 0.2) is 16.8 Å². The highest BCUT2D eigenvalue weighted by Crippen LogP contribution is 2.65. The van der Waals surface area contributed by atoms with E-state index in [2.05, 4.69) is 30.4 Å². The van der Waals surface area contributed by atoms with Gasteiger partial charge >= 0.3 is 5.97 Å². The van der Waals surface area contributed by atoms with Gasteiger partial charge in [-0.3, -0.25) is 9.59 Å². The van der Waals surface area contributed by atoms with Gasteiger partial charge in [-0.05, 0) is 92.4 Å². The van der Waals surface area contributed by atoms with Crippen molar-refractivity contribution >= 4 is 23.5 Å². The molecule has 0 aromatic rings. The lowest BCUT2D eigenvalue weighted by Gasteiger charge is -2.57. The van der Waals surface area contributed by atoms with E-state index in [1.54, 1.807) is 0 Å². The van der Waals surface area contributed by atoms with Crippen LogP contribution in [0.1, 0.15) is 78.1 Å². The van der Waals surface area contributed by atoms with Gasteiger partial charge in [-0.2, -0.15) is 0 Å². The molecule has 35 heavy (non-hydrogen) atoms. The van der Waals surface area contributed by atoms with E-state index in [1.165, 1.54) is 5.57 Å². The molecule has 0 radical (unpaired) electrons. The van der Waals surface area contributed by atoms with Gasteiger partial charge in [0.15, 0.2) is 6.61 Å². The van der Waals surface area contributed by atoms with Crippen LogP contribution in [-0.2, 0) is 19.2 Å². The highest BCUT2D eigenvalue weighted by molar-refractivity contribution is 5.96. The molecule has 9 nitrogen and oxygen atoms in total. The molecule has 0 spiro atoms. The second-order valence-corrected chi connectivity index (χ2v) is 11.5. The number of carbonyl (C=O) groups excluding carboxylic acids is 2. The van der Waals surface area contributed by atoms with Crippen LogP contribution in [0.5, 0.6) is 0 Å². The molecule has 0 saturated heterocycles. The van der Waals surface area contributed by atoms with Gasteiger partial charge in [0.2, 0.25) is 5.91 Å². The summed E-state index contributed by atoms with van der Waals surface area (Å²) < 4.78 is 0. The average Bonchev–Trinajstić information content (AvgIpc) is 3.11. The van der Waals surface area contributed by atoms with Crippen molar-refractivity contribution in [1.82, 2.24) is 5.32 Å². The number of fused-ring (bicyclic) bond motifs is 5. The number of carboxylic acid groups (broad SMARTS) is 1. The highest BCUT2D eigenvalue weighted by atomic mass is 16.6. The summed E-state index contributed by atoms with van der Waals surface area (Å²) in [6.45, 7) is 4.30. The quantitative estimate of drug-likeness (QED) is 0.385. The molecule has 7 atom stereocenters. The number of aliphatic hydroxyl groups excluding tert-OH is 1. The van der Waals surface area contributed by atoms with Crippen molar-refractivity contribution < 1.29 is 29.4 Å². The van der Waals surface area contributed by atoms with E-state index in [0.717, 1.165) is 57.1 Å². The molecule has 2 amide bonds. The van der Waals surface area contributed by atoms with Crippen LogP contribution in [0.25, 0.3) is 0 Å². The Bertz CT molecular complexity index is 932. The van der Waals surface area contributed by atoms with Crippen LogP contribution >= 0.6 is 0 Å². The SMILES string of the molecule is C[C@]12CC[C@@H]3[C@H](CCC4=C/C(=N\OCC(=O)N[C@@H](CCC(N)=O)C(=O)O)CC[C@@]43C)[C@@H]1CC[C@@H]2O. The van der Waals surface area contributed by atoms with Crippen molar-refractivity contribution in [3.8, 4) is 0 Å². The summed E-state index contributed by atoms with van der Waals surface area (Å²) in [4.78, 5) is 39.5. The van der Waals surface area contributed by atoms with E-state index in [0.29, 0.717) is 17.8 Å². The minimum Gasteiger partial charge on any atom is -0.480 e. The second kappa shape index (κ2) is 9.91. The number of carboxylic acids is 1. The van der Waals surface area contributed by atoms with Crippen molar-refractivity contribution in [3.63, 3.8) is 0 Å². The van der Waals surface area contributed by atoms with E-state index in [-0.39, 0.29) is 29.8 Å². The maximum atomic E-state index is 12.1. The molecule has 4 rings (SSSR count). The van der Waals surface area contributed by atoms with Crippen LogP contribution in [-0.4, -0.2) is 52.5 Å². The number of hydrogen-bond acceptors (Lipinski definition) is 6. The smallest absolute Gasteiger partial charge is 0.326 e. The number of allylic oxidation sites excluding steroid dienone is 2. The lowest BCUT2D eigenvalue weighted by Crippen LogP contribution is -2.51. The molecule has 194 valence electrons. The number of aliphatic hydroxyl groups is 1. The fourth-order valence-electron chi connectivity index (χ4n) is 7.57. The van der Waals surface area contributed by atoms with Crippen LogP contribution in [0.2, 0.25) is 0 Å². The van der Waals surface area contributed by atoms with E-state index < -0.39 is 30.4 Å². The van der Waals surface area contributed by atoms with Crippen LogP contribution < -0.4 is 11.1 Å². The van der Waals surface area contributed by atoms with Gasteiger partial charge in [0.05, 0.1) is 11.8 Å². The molecule has 3 saturated carbocycles. The van der Waals surface area contributed by atoms with Gasteiger partial charge in [0.25, 0.3) is 5.91 Å². The van der Waals surface area contributed by atoms with E-state index in [1.807, 2.05) is 0 Å². The van der Waals surface area contributed by atoms with Crippen molar-refractivity contribution in [2.45, 2.75) is 90.2 Å². The molecular formula is C26H39N3O6. The summed E-state index contributed by atoms with van der Waals surface area (Å²) in [5.41, 5.74) is 7.50. The Balaban J connectivity index is 1.35. The van der Waals surface area contributed by atoms with Gasteiger partial charge < -0.3 is 26.1 Å². The zero-order chi connectivity index (χ0) is 25.4. The topological polar surface area (TPSA) is 151 Å². The van der Waals surface area contributed by atoms with Crippen molar-refractivity contribution in [2.75, 3.05) is 6.61 Å². The fourth-order valence-corrected chi connectivity index (χ4v) is 7.57.